The molecule has 4 amide bonds. The van der Waals surface area contributed by atoms with E-state index in [9.17, 15) is 14.4 Å². The van der Waals surface area contributed by atoms with Crippen molar-refractivity contribution in [2.75, 3.05) is 0 Å². The fraction of sp³-hybridized carbons (Fsp3) is 0.385. The number of pyridine rings is 1. The lowest BCUT2D eigenvalue weighted by atomic mass is 10.2. The molecule has 1 aromatic heterocycles. The van der Waals surface area contributed by atoms with Crippen LogP contribution in [0.4, 0.5) is 4.79 Å². The first kappa shape index (κ1) is 12.6. The van der Waals surface area contributed by atoms with E-state index in [2.05, 4.69) is 15.6 Å². The molecule has 0 bridgehead atoms. The molecule has 20 heavy (non-hydrogen) atoms. The standard InChI is InChI=1S/C13H14N4O3/c1-7-2-8-5-17(6-9(8)4-14-7)11(18)3-10-12(19)16-13(20)15-10/h2,4,10H,3,5-6H2,1H3,(H2,15,16,19,20). The van der Waals surface area contributed by atoms with E-state index in [0.717, 1.165) is 16.8 Å². The van der Waals surface area contributed by atoms with Gasteiger partial charge in [-0.3, -0.25) is 19.9 Å². The molecule has 104 valence electrons. The summed E-state index contributed by atoms with van der Waals surface area (Å²) in [5.74, 6) is -0.598. The molecule has 0 aliphatic carbocycles. The van der Waals surface area contributed by atoms with Crippen molar-refractivity contribution in [3.05, 3.63) is 29.1 Å². The van der Waals surface area contributed by atoms with E-state index in [1.165, 1.54) is 0 Å². The number of carbonyl (C=O) groups excluding carboxylic acids is 3. The predicted molar refractivity (Wildman–Crippen MR) is 68.3 cm³/mol. The predicted octanol–water partition coefficient (Wildman–Crippen LogP) is -0.170. The second-order valence-corrected chi connectivity index (χ2v) is 5.06. The van der Waals surface area contributed by atoms with Crippen molar-refractivity contribution in [3.63, 3.8) is 0 Å². The smallest absolute Gasteiger partial charge is 0.322 e. The van der Waals surface area contributed by atoms with Gasteiger partial charge >= 0.3 is 6.03 Å². The lowest BCUT2D eigenvalue weighted by Gasteiger charge is -2.16. The highest BCUT2D eigenvalue weighted by Crippen LogP contribution is 2.23. The Morgan fingerprint density at radius 1 is 1.40 bits per heavy atom. The first-order valence-electron chi connectivity index (χ1n) is 6.36. The Labute approximate surface area is 115 Å². The number of carbonyl (C=O) groups is 3. The Bertz CT molecular complexity index is 614. The lowest BCUT2D eigenvalue weighted by molar-refractivity contribution is -0.134. The number of nitrogens with one attached hydrogen (secondary N) is 2. The SMILES string of the molecule is Cc1cc2c(cn1)CN(C(=O)CC1NC(=O)NC1=O)C2. The molecule has 1 atom stereocenters. The van der Waals surface area contributed by atoms with E-state index in [0.29, 0.717) is 13.1 Å². The Morgan fingerprint density at radius 2 is 2.15 bits per heavy atom. The van der Waals surface area contributed by atoms with Crippen LogP contribution >= 0.6 is 0 Å². The van der Waals surface area contributed by atoms with Gasteiger partial charge < -0.3 is 10.2 Å². The summed E-state index contributed by atoms with van der Waals surface area (Å²) < 4.78 is 0. The van der Waals surface area contributed by atoms with Gasteiger partial charge in [0.1, 0.15) is 6.04 Å². The molecule has 1 aromatic rings. The van der Waals surface area contributed by atoms with E-state index in [1.54, 1.807) is 11.1 Å². The molecule has 1 fully saturated rings. The van der Waals surface area contributed by atoms with Gasteiger partial charge in [-0.25, -0.2) is 4.79 Å². The van der Waals surface area contributed by atoms with Crippen LogP contribution in [0, 0.1) is 6.92 Å². The van der Waals surface area contributed by atoms with E-state index in [-0.39, 0.29) is 12.3 Å². The minimum absolute atomic E-state index is 0.0159. The summed E-state index contributed by atoms with van der Waals surface area (Å²) in [5, 5.41) is 4.55. The summed E-state index contributed by atoms with van der Waals surface area (Å²) in [4.78, 5) is 40.5. The molecule has 1 saturated heterocycles. The molecule has 0 spiro atoms. The van der Waals surface area contributed by atoms with E-state index in [4.69, 9.17) is 0 Å². The van der Waals surface area contributed by atoms with Crippen molar-refractivity contribution >= 4 is 17.8 Å². The average molecular weight is 274 g/mol. The number of urea groups is 1. The average Bonchev–Trinajstić information content (AvgIpc) is 2.92. The highest BCUT2D eigenvalue weighted by molar-refractivity contribution is 6.05. The van der Waals surface area contributed by atoms with E-state index >= 15 is 0 Å². The van der Waals surface area contributed by atoms with E-state index < -0.39 is 18.0 Å². The van der Waals surface area contributed by atoms with Crippen LogP contribution in [0.3, 0.4) is 0 Å². The molecule has 0 radical (unpaired) electrons. The lowest BCUT2D eigenvalue weighted by Crippen LogP contribution is -2.36. The van der Waals surface area contributed by atoms with Gasteiger partial charge in [-0.05, 0) is 24.1 Å². The van der Waals surface area contributed by atoms with Gasteiger partial charge in [-0.2, -0.15) is 0 Å². The molecule has 2 aliphatic heterocycles. The molecule has 1 unspecified atom stereocenters. The quantitative estimate of drug-likeness (QED) is 0.732. The zero-order chi connectivity index (χ0) is 14.3. The number of nitrogens with zero attached hydrogens (tertiary/aromatic N) is 2. The van der Waals surface area contributed by atoms with Crippen LogP contribution in [0.2, 0.25) is 0 Å². The van der Waals surface area contributed by atoms with Gasteiger partial charge in [0.15, 0.2) is 0 Å². The molecular formula is C13H14N4O3. The summed E-state index contributed by atoms with van der Waals surface area (Å²) in [6.45, 7) is 2.94. The van der Waals surface area contributed by atoms with Crippen LogP contribution in [0.5, 0.6) is 0 Å². The van der Waals surface area contributed by atoms with Gasteiger partial charge in [-0.15, -0.1) is 0 Å². The summed E-state index contributed by atoms with van der Waals surface area (Å²) >= 11 is 0. The number of aromatic nitrogens is 1. The number of imide groups is 1. The normalized spacial score (nSPS) is 20.6. The second kappa shape index (κ2) is 4.59. The zero-order valence-corrected chi connectivity index (χ0v) is 11.0. The van der Waals surface area contributed by atoms with Crippen LogP contribution in [0.15, 0.2) is 12.3 Å². The number of hydrogen-bond acceptors (Lipinski definition) is 4. The summed E-state index contributed by atoms with van der Waals surface area (Å²) in [5.41, 5.74) is 3.04. The first-order valence-corrected chi connectivity index (χ1v) is 6.36. The third kappa shape index (κ3) is 2.22. The van der Waals surface area contributed by atoms with Crippen molar-refractivity contribution in [3.8, 4) is 0 Å². The molecule has 7 heteroatoms. The van der Waals surface area contributed by atoms with Gasteiger partial charge in [-0.1, -0.05) is 0 Å². The molecule has 7 nitrogen and oxygen atoms in total. The van der Waals surface area contributed by atoms with Crippen molar-refractivity contribution < 1.29 is 14.4 Å². The Morgan fingerprint density at radius 3 is 2.85 bits per heavy atom. The van der Waals surface area contributed by atoms with Crippen molar-refractivity contribution in [1.29, 1.82) is 0 Å². The summed E-state index contributed by atoms with van der Waals surface area (Å²) in [6, 6.07) is 0.656. The van der Waals surface area contributed by atoms with Gasteiger partial charge in [0.2, 0.25) is 5.91 Å². The van der Waals surface area contributed by atoms with E-state index in [1.807, 2.05) is 13.0 Å². The van der Waals surface area contributed by atoms with Crippen LogP contribution < -0.4 is 10.6 Å². The third-order valence-electron chi connectivity index (χ3n) is 3.53. The molecule has 3 rings (SSSR count). The molecule has 2 aliphatic rings. The third-order valence-corrected chi connectivity index (χ3v) is 3.53. The van der Waals surface area contributed by atoms with Crippen LogP contribution in [-0.2, 0) is 22.7 Å². The van der Waals surface area contributed by atoms with Crippen LogP contribution in [-0.4, -0.2) is 33.8 Å². The highest BCUT2D eigenvalue weighted by Gasteiger charge is 2.33. The maximum absolute atomic E-state index is 12.2. The largest absolute Gasteiger partial charge is 0.334 e. The molecule has 0 aromatic carbocycles. The van der Waals surface area contributed by atoms with Crippen molar-refractivity contribution in [1.82, 2.24) is 20.5 Å². The number of fused-ring (bicyclic) bond motifs is 1. The monoisotopic (exact) mass is 274 g/mol. The summed E-state index contributed by atoms with van der Waals surface area (Å²) in [7, 11) is 0. The molecule has 2 N–H and O–H groups in total. The number of rotatable bonds is 2. The fourth-order valence-electron chi connectivity index (χ4n) is 2.48. The highest BCUT2D eigenvalue weighted by atomic mass is 16.2. The van der Waals surface area contributed by atoms with Crippen molar-refractivity contribution in [2.24, 2.45) is 0 Å². The maximum atomic E-state index is 12.2. The fourth-order valence-corrected chi connectivity index (χ4v) is 2.48. The van der Waals surface area contributed by atoms with Gasteiger partial charge in [0.25, 0.3) is 5.91 Å². The van der Waals surface area contributed by atoms with Crippen molar-refractivity contribution in [2.45, 2.75) is 32.5 Å². The Kier molecular flexibility index (Phi) is 2.89. The van der Waals surface area contributed by atoms with Crippen LogP contribution in [0.1, 0.15) is 23.2 Å². The molecule has 3 heterocycles. The number of hydrogen-bond donors (Lipinski definition) is 2. The first-order chi connectivity index (χ1) is 9.52. The maximum Gasteiger partial charge on any atom is 0.322 e. The summed E-state index contributed by atoms with van der Waals surface area (Å²) in [6.07, 6.45) is 1.76. The minimum atomic E-state index is -0.765. The van der Waals surface area contributed by atoms with Crippen LogP contribution in [0.25, 0.3) is 0 Å². The number of amides is 4. The molecular weight excluding hydrogens is 260 g/mol. The Balaban J connectivity index is 1.66. The molecule has 0 saturated carbocycles. The number of aryl methyl sites for hydroxylation is 1. The van der Waals surface area contributed by atoms with Gasteiger partial charge in [0.05, 0.1) is 6.42 Å². The van der Waals surface area contributed by atoms with Gasteiger partial charge in [0, 0.05) is 25.0 Å². The second-order valence-electron chi connectivity index (χ2n) is 5.06. The minimum Gasteiger partial charge on any atom is -0.334 e. The zero-order valence-electron chi connectivity index (χ0n) is 11.0. The topological polar surface area (TPSA) is 91.4 Å². The Hall–Kier alpha value is -2.44.